The summed E-state index contributed by atoms with van der Waals surface area (Å²) in [7, 11) is 0. The lowest BCUT2D eigenvalue weighted by molar-refractivity contribution is -0.132. The highest BCUT2D eigenvalue weighted by Crippen LogP contribution is 2.28. The van der Waals surface area contributed by atoms with Gasteiger partial charge in [0, 0.05) is 19.0 Å². The number of benzene rings is 3. The summed E-state index contributed by atoms with van der Waals surface area (Å²) in [5.41, 5.74) is 1.51. The van der Waals surface area contributed by atoms with Gasteiger partial charge in [0.1, 0.15) is 17.6 Å². The third-order valence-corrected chi connectivity index (χ3v) is 5.69. The van der Waals surface area contributed by atoms with Crippen LogP contribution in [0.3, 0.4) is 0 Å². The van der Waals surface area contributed by atoms with E-state index in [-0.39, 0.29) is 24.3 Å². The smallest absolute Gasteiger partial charge is 0.308 e. The number of carbonyl (C=O) groups is 4. The van der Waals surface area contributed by atoms with Crippen molar-refractivity contribution < 1.29 is 28.3 Å². The minimum absolute atomic E-state index is 0.174. The van der Waals surface area contributed by atoms with Crippen LogP contribution in [0.5, 0.6) is 5.75 Å². The predicted molar refractivity (Wildman–Crippen MR) is 126 cm³/mol. The van der Waals surface area contributed by atoms with Gasteiger partial charge in [-0.1, -0.05) is 30.3 Å². The molecular weight excluding hydrogens is 451 g/mol. The van der Waals surface area contributed by atoms with Crippen LogP contribution < -0.4 is 9.64 Å². The topological polar surface area (TPSA) is 84.0 Å². The van der Waals surface area contributed by atoms with Crippen LogP contribution in [0.4, 0.5) is 10.1 Å². The first-order valence-electron chi connectivity index (χ1n) is 11.1. The summed E-state index contributed by atoms with van der Waals surface area (Å²) < 4.78 is 18.4. The number of nitrogens with zero attached hydrogens (tertiary/aromatic N) is 2. The van der Waals surface area contributed by atoms with Gasteiger partial charge in [0.25, 0.3) is 11.8 Å². The number of amides is 3. The van der Waals surface area contributed by atoms with Crippen molar-refractivity contribution in [2.75, 3.05) is 11.4 Å². The number of carbonyl (C=O) groups excluding carboxylic acids is 4. The van der Waals surface area contributed by atoms with Crippen molar-refractivity contribution in [3.8, 4) is 5.75 Å². The zero-order chi connectivity index (χ0) is 24.9. The Kier molecular flexibility index (Phi) is 7.01. The minimum Gasteiger partial charge on any atom is -0.427 e. The Balaban J connectivity index is 1.60. The number of esters is 1. The fourth-order valence-corrected chi connectivity index (χ4v) is 4.01. The largest absolute Gasteiger partial charge is 0.427 e. The van der Waals surface area contributed by atoms with E-state index in [4.69, 9.17) is 4.74 Å². The zero-order valence-corrected chi connectivity index (χ0v) is 19.0. The van der Waals surface area contributed by atoms with E-state index in [0.717, 1.165) is 10.5 Å². The average Bonchev–Trinajstić information content (AvgIpc) is 3.14. The van der Waals surface area contributed by atoms with Crippen molar-refractivity contribution >= 4 is 29.4 Å². The number of imide groups is 1. The van der Waals surface area contributed by atoms with E-state index in [1.54, 1.807) is 0 Å². The van der Waals surface area contributed by atoms with E-state index >= 15 is 0 Å². The molecular formula is C27H23FN2O5. The molecule has 0 radical (unpaired) electrons. The zero-order valence-electron chi connectivity index (χ0n) is 19.0. The molecule has 35 heavy (non-hydrogen) atoms. The number of hydrogen-bond donors (Lipinski definition) is 0. The molecule has 8 heteroatoms. The van der Waals surface area contributed by atoms with Crippen LogP contribution in [0.15, 0.2) is 78.9 Å². The molecule has 0 spiro atoms. The summed E-state index contributed by atoms with van der Waals surface area (Å²) in [4.78, 5) is 53.2. The Bertz CT molecular complexity index is 1240. The first-order valence-corrected chi connectivity index (χ1v) is 11.1. The van der Waals surface area contributed by atoms with Gasteiger partial charge >= 0.3 is 5.97 Å². The predicted octanol–water partition coefficient (Wildman–Crippen LogP) is 3.77. The Morgan fingerprint density at radius 2 is 1.63 bits per heavy atom. The molecule has 0 aromatic heterocycles. The molecule has 3 aromatic carbocycles. The Morgan fingerprint density at radius 1 is 0.971 bits per heavy atom. The summed E-state index contributed by atoms with van der Waals surface area (Å²) in [6.07, 6.45) is 0.301. The molecule has 1 heterocycles. The maximum absolute atomic E-state index is 13.4. The minimum atomic E-state index is -1.00. The van der Waals surface area contributed by atoms with Crippen molar-refractivity contribution in [2.45, 2.75) is 25.8 Å². The molecule has 7 nitrogen and oxygen atoms in total. The highest BCUT2D eigenvalue weighted by atomic mass is 19.1. The molecule has 0 aliphatic carbocycles. The van der Waals surface area contributed by atoms with E-state index in [1.807, 2.05) is 30.3 Å². The van der Waals surface area contributed by atoms with E-state index < -0.39 is 35.5 Å². The van der Waals surface area contributed by atoms with Crippen LogP contribution >= 0.6 is 0 Å². The lowest BCUT2D eigenvalue weighted by atomic mass is 10.1. The Labute approximate surface area is 201 Å². The van der Waals surface area contributed by atoms with Crippen molar-refractivity contribution in [2.24, 2.45) is 0 Å². The van der Waals surface area contributed by atoms with Crippen LogP contribution in [-0.2, 0) is 20.8 Å². The van der Waals surface area contributed by atoms with Crippen molar-refractivity contribution in [3.63, 3.8) is 0 Å². The van der Waals surface area contributed by atoms with Gasteiger partial charge in [0.05, 0.1) is 12.1 Å². The fraction of sp³-hybridized carbons (Fsp3) is 0.185. The second-order valence-corrected chi connectivity index (χ2v) is 8.12. The Morgan fingerprint density at radius 3 is 2.26 bits per heavy atom. The molecule has 1 unspecified atom stereocenters. The van der Waals surface area contributed by atoms with E-state index in [9.17, 15) is 23.6 Å². The highest BCUT2D eigenvalue weighted by molar-refractivity contribution is 6.23. The van der Waals surface area contributed by atoms with Gasteiger partial charge in [-0.05, 0) is 60.5 Å². The van der Waals surface area contributed by atoms with Gasteiger partial charge in [0.2, 0.25) is 5.91 Å². The SMILES string of the molecule is CC(=O)Oc1ccc(N2C(=O)CC(N(CCc3ccccc3)C(=O)c3ccc(F)cc3)C2=O)cc1. The fourth-order valence-electron chi connectivity index (χ4n) is 4.01. The molecule has 0 bridgehead atoms. The molecule has 1 fully saturated rings. The normalized spacial score (nSPS) is 15.3. The number of rotatable bonds is 7. The molecule has 0 N–H and O–H groups in total. The summed E-state index contributed by atoms with van der Waals surface area (Å²) >= 11 is 0. The summed E-state index contributed by atoms with van der Waals surface area (Å²) in [6.45, 7) is 1.47. The third kappa shape index (κ3) is 5.43. The molecule has 3 aromatic rings. The first kappa shape index (κ1) is 23.8. The van der Waals surface area contributed by atoms with Gasteiger partial charge in [-0.15, -0.1) is 0 Å². The molecule has 1 aliphatic heterocycles. The maximum atomic E-state index is 13.4. The molecule has 1 saturated heterocycles. The average molecular weight is 474 g/mol. The van der Waals surface area contributed by atoms with Crippen LogP contribution in [0.25, 0.3) is 0 Å². The lowest BCUT2D eigenvalue weighted by Gasteiger charge is -2.28. The van der Waals surface area contributed by atoms with Crippen LogP contribution in [0.1, 0.15) is 29.3 Å². The van der Waals surface area contributed by atoms with Crippen LogP contribution in [-0.4, -0.2) is 41.2 Å². The van der Waals surface area contributed by atoms with Crippen LogP contribution in [0.2, 0.25) is 0 Å². The number of halogens is 1. The number of hydrogen-bond acceptors (Lipinski definition) is 5. The van der Waals surface area contributed by atoms with Crippen molar-refractivity contribution in [1.82, 2.24) is 4.90 Å². The van der Waals surface area contributed by atoms with Gasteiger partial charge in [0.15, 0.2) is 0 Å². The summed E-state index contributed by atoms with van der Waals surface area (Å²) in [5, 5.41) is 0. The first-order chi connectivity index (χ1) is 16.8. The molecule has 1 atom stereocenters. The van der Waals surface area contributed by atoms with Gasteiger partial charge < -0.3 is 9.64 Å². The monoisotopic (exact) mass is 474 g/mol. The van der Waals surface area contributed by atoms with Gasteiger partial charge in [-0.2, -0.15) is 0 Å². The highest BCUT2D eigenvalue weighted by Gasteiger charge is 2.44. The summed E-state index contributed by atoms with van der Waals surface area (Å²) in [5.74, 6) is -2.12. The number of anilines is 1. The molecule has 3 amide bonds. The quantitative estimate of drug-likeness (QED) is 0.296. The standard InChI is InChI=1S/C27H23FN2O5/c1-18(31)35-23-13-11-22(12-14-23)30-25(32)17-24(27(30)34)29(16-15-19-5-3-2-4-6-19)26(33)20-7-9-21(28)10-8-20/h2-14,24H,15-17H2,1H3. The van der Waals surface area contributed by atoms with E-state index in [2.05, 4.69) is 0 Å². The molecule has 1 aliphatic rings. The lowest BCUT2D eigenvalue weighted by Crippen LogP contribution is -2.46. The summed E-state index contributed by atoms with van der Waals surface area (Å²) in [6, 6.07) is 19.5. The van der Waals surface area contributed by atoms with Crippen molar-refractivity contribution in [1.29, 1.82) is 0 Å². The Hall–Kier alpha value is -4.33. The molecule has 0 saturated carbocycles. The van der Waals surface area contributed by atoms with E-state index in [1.165, 1.54) is 60.4 Å². The second kappa shape index (κ2) is 10.3. The van der Waals surface area contributed by atoms with Gasteiger partial charge in [-0.3, -0.25) is 19.2 Å². The van der Waals surface area contributed by atoms with E-state index in [0.29, 0.717) is 12.1 Å². The van der Waals surface area contributed by atoms with Crippen LogP contribution in [0, 0.1) is 5.82 Å². The molecule has 4 rings (SSSR count). The third-order valence-electron chi connectivity index (χ3n) is 5.69. The number of ether oxygens (including phenoxy) is 1. The van der Waals surface area contributed by atoms with Gasteiger partial charge in [-0.25, -0.2) is 9.29 Å². The van der Waals surface area contributed by atoms with Crippen molar-refractivity contribution in [3.05, 3.63) is 95.8 Å². The maximum Gasteiger partial charge on any atom is 0.308 e. The second-order valence-electron chi connectivity index (χ2n) is 8.12. The molecule has 178 valence electrons.